The maximum atomic E-state index is 13.3. The smallest absolute Gasteiger partial charge is 0.434 e. The predicted octanol–water partition coefficient (Wildman–Crippen LogP) is 12.5. The number of ether oxygens (including phenoxy) is 5. The normalized spacial score (nSPS) is 20.8. The van der Waals surface area contributed by atoms with Gasteiger partial charge in [0.25, 0.3) is 17.8 Å². The van der Waals surface area contributed by atoms with Gasteiger partial charge in [-0.15, -0.1) is 0 Å². The van der Waals surface area contributed by atoms with E-state index in [2.05, 4.69) is 21.1 Å². The minimum Gasteiger partial charge on any atom is -0.462 e. The van der Waals surface area contributed by atoms with E-state index in [1.165, 1.54) is 33.6 Å². The van der Waals surface area contributed by atoms with Crippen molar-refractivity contribution in [2.75, 3.05) is 0 Å². The Hall–Kier alpha value is -3.99. The van der Waals surface area contributed by atoms with E-state index in [9.17, 15) is 113 Å². The number of hydrogen-bond donors (Lipinski definition) is 2. The molecule has 2 fully saturated rings. The van der Waals surface area contributed by atoms with Crippen molar-refractivity contribution in [3.05, 3.63) is 0 Å². The van der Waals surface area contributed by atoms with Crippen molar-refractivity contribution in [2.24, 2.45) is 28.1 Å². The number of alkyl halides is 18. The first-order valence-corrected chi connectivity index (χ1v) is 23.5. The monoisotopic (exact) mass is 1150 g/mol. The summed E-state index contributed by atoms with van der Waals surface area (Å²) in [5, 5.41) is 19.6. The molecule has 2 aliphatic carbocycles. The van der Waals surface area contributed by atoms with Gasteiger partial charge >= 0.3 is 66.9 Å². The highest BCUT2D eigenvalue weighted by molar-refractivity contribution is 6.00. The molecule has 448 valence electrons. The van der Waals surface area contributed by atoms with Crippen molar-refractivity contribution in [3.8, 4) is 0 Å². The van der Waals surface area contributed by atoms with Gasteiger partial charge < -0.3 is 33.9 Å². The minimum absolute atomic E-state index is 0.0197. The average Bonchev–Trinajstić information content (AvgIpc) is 3.73. The summed E-state index contributed by atoms with van der Waals surface area (Å²) in [6, 6.07) is 0. The summed E-state index contributed by atoms with van der Waals surface area (Å²) in [5.74, 6) is -12.7. The predicted molar refractivity (Wildman–Crippen MR) is 228 cm³/mol. The molecule has 12 nitrogen and oxygen atoms in total. The molecule has 2 saturated carbocycles. The Morgan fingerprint density at radius 1 is 0.513 bits per heavy atom. The first kappa shape index (κ1) is 72.0. The Kier molecular flexibility index (Phi) is 24.1. The summed E-state index contributed by atoms with van der Waals surface area (Å²) in [7, 11) is 0. The summed E-state index contributed by atoms with van der Waals surface area (Å²) in [5.41, 5.74) is -12.2. The van der Waals surface area contributed by atoms with Gasteiger partial charge in [0.15, 0.2) is 11.7 Å². The van der Waals surface area contributed by atoms with E-state index >= 15 is 0 Å². The first-order valence-electron chi connectivity index (χ1n) is 23.5. The number of esters is 5. The molecular formula is C46H66F18O12. The third kappa shape index (κ3) is 18.8. The van der Waals surface area contributed by atoms with Gasteiger partial charge in [-0.1, -0.05) is 27.7 Å². The van der Waals surface area contributed by atoms with Gasteiger partial charge in [0, 0.05) is 11.8 Å². The van der Waals surface area contributed by atoms with E-state index in [0.717, 1.165) is 39.5 Å². The standard InChI is InChI=1S/C18H25F9O4.C15H17F9O6.C13H24O2/c1-5-13(2,3)12(28)31-11-7-9(14(4,29)16(19,20)21)6-10(8-11)15(30,17(22,23)24)18(25,26)27;1-5-12(3,4)11(27)29-7(8(25)28-6(2)13(16,17)18)9(26)30-10(14(19,20)21)15(22,23)24;1-5-12(3,4)11(14)15-13(6-2)9-7-8-10-13/h9-11,29-30H,5-8H2,1-4H3;6-7,10H,5H2,1-4H3;5-10H2,1-4H3. The van der Waals surface area contributed by atoms with E-state index in [1.807, 2.05) is 20.8 Å². The average molecular weight is 1150 g/mol. The van der Waals surface area contributed by atoms with Crippen molar-refractivity contribution in [1.82, 2.24) is 0 Å². The van der Waals surface area contributed by atoms with E-state index in [1.54, 1.807) is 6.92 Å². The summed E-state index contributed by atoms with van der Waals surface area (Å²) < 4.78 is 255. The third-order valence-corrected chi connectivity index (χ3v) is 13.8. The van der Waals surface area contributed by atoms with Crippen LogP contribution in [0.25, 0.3) is 0 Å². The number of rotatable bonds is 16. The molecule has 30 heteroatoms. The quantitative estimate of drug-likeness (QED) is 0.0649. The molecule has 2 rings (SSSR count). The summed E-state index contributed by atoms with van der Waals surface area (Å²) in [6.45, 7) is 16.6. The highest BCUT2D eigenvalue weighted by Gasteiger charge is 2.75. The molecule has 0 aromatic heterocycles. The third-order valence-electron chi connectivity index (χ3n) is 13.8. The lowest BCUT2D eigenvalue weighted by Gasteiger charge is -2.47. The highest BCUT2D eigenvalue weighted by Crippen LogP contribution is 2.55. The number of carbonyl (C=O) groups excluding carboxylic acids is 5. The van der Waals surface area contributed by atoms with Crippen LogP contribution in [0.2, 0.25) is 0 Å². The second-order valence-electron chi connectivity index (χ2n) is 20.7. The highest BCUT2D eigenvalue weighted by atomic mass is 19.4. The summed E-state index contributed by atoms with van der Waals surface area (Å²) in [6.07, 6.45) is -45.3. The molecule has 0 amide bonds. The molecule has 2 N–H and O–H groups in total. The molecule has 0 aromatic carbocycles. The number of halogens is 18. The molecule has 0 saturated heterocycles. The fourth-order valence-corrected chi connectivity index (χ4v) is 6.90. The number of carbonyl (C=O) groups is 5. The Balaban J connectivity index is 0.00000117. The lowest BCUT2D eigenvalue weighted by Crippen LogP contribution is -2.64. The SMILES string of the molecule is CCC(C)(C)C(=O)OC(C(=O)OC(C)C(F)(F)F)C(=O)OC(C(F)(F)F)C(F)(F)F.CCC(C)(C)C(=O)OC1CC(C(C)(O)C(F)(F)F)CC(C(O)(C(F)(F)F)C(F)(F)F)C1.CCC1(OC(=O)C(C)(C)CC)CCCC1. The number of hydrogen-bond acceptors (Lipinski definition) is 12. The van der Waals surface area contributed by atoms with Crippen molar-refractivity contribution in [3.63, 3.8) is 0 Å². The molecule has 0 spiro atoms. The summed E-state index contributed by atoms with van der Waals surface area (Å²) >= 11 is 0. The Morgan fingerprint density at radius 3 is 1.25 bits per heavy atom. The summed E-state index contributed by atoms with van der Waals surface area (Å²) in [4.78, 5) is 59.8. The van der Waals surface area contributed by atoms with E-state index in [-0.39, 0.29) is 43.7 Å². The van der Waals surface area contributed by atoms with Crippen LogP contribution in [-0.4, -0.2) is 118 Å². The molecular weight excluding hydrogens is 1090 g/mol. The Morgan fingerprint density at radius 2 is 0.895 bits per heavy atom. The maximum Gasteiger partial charge on any atom is 0.434 e. The van der Waals surface area contributed by atoms with Crippen LogP contribution >= 0.6 is 0 Å². The van der Waals surface area contributed by atoms with Crippen LogP contribution < -0.4 is 0 Å². The van der Waals surface area contributed by atoms with Gasteiger partial charge in [-0.2, -0.15) is 79.0 Å². The minimum atomic E-state index is -6.28. The Labute approximate surface area is 426 Å². The van der Waals surface area contributed by atoms with Gasteiger partial charge in [-0.3, -0.25) is 14.4 Å². The van der Waals surface area contributed by atoms with Crippen molar-refractivity contribution >= 4 is 29.8 Å². The zero-order valence-electron chi connectivity index (χ0n) is 43.5. The topological polar surface area (TPSA) is 172 Å². The van der Waals surface area contributed by atoms with Crippen LogP contribution in [0.4, 0.5) is 79.0 Å². The van der Waals surface area contributed by atoms with Crippen LogP contribution in [0, 0.1) is 28.1 Å². The van der Waals surface area contributed by atoms with Crippen LogP contribution in [0.1, 0.15) is 154 Å². The van der Waals surface area contributed by atoms with Gasteiger partial charge in [0.1, 0.15) is 11.7 Å². The molecule has 0 aliphatic heterocycles. The van der Waals surface area contributed by atoms with Crippen molar-refractivity contribution in [2.45, 2.75) is 232 Å². The van der Waals surface area contributed by atoms with Gasteiger partial charge in [-0.05, 0) is 126 Å². The molecule has 6 unspecified atom stereocenters. The fourth-order valence-electron chi connectivity index (χ4n) is 6.90. The van der Waals surface area contributed by atoms with Gasteiger partial charge in [0.05, 0.1) is 16.2 Å². The van der Waals surface area contributed by atoms with E-state index < -0.39 is 138 Å². The first-order chi connectivity index (χ1) is 33.6. The second kappa shape index (κ2) is 25.4. The molecule has 2 aliphatic rings. The van der Waals surface area contributed by atoms with Crippen molar-refractivity contribution < 1.29 is 137 Å². The van der Waals surface area contributed by atoms with E-state index in [4.69, 9.17) is 9.47 Å². The Bertz CT molecular complexity index is 1900. The van der Waals surface area contributed by atoms with Gasteiger partial charge in [-0.25, -0.2) is 9.59 Å². The lowest BCUT2D eigenvalue weighted by molar-refractivity contribution is -0.391. The molecule has 76 heavy (non-hydrogen) atoms. The molecule has 0 bridgehead atoms. The largest absolute Gasteiger partial charge is 0.462 e. The van der Waals surface area contributed by atoms with Gasteiger partial charge in [0.2, 0.25) is 0 Å². The molecule has 0 radical (unpaired) electrons. The maximum absolute atomic E-state index is 13.3. The van der Waals surface area contributed by atoms with Crippen LogP contribution in [0.5, 0.6) is 0 Å². The second-order valence-corrected chi connectivity index (χ2v) is 20.7. The van der Waals surface area contributed by atoms with Crippen LogP contribution in [-0.2, 0) is 47.7 Å². The fraction of sp³-hybridized carbons (Fsp3) is 0.891. The van der Waals surface area contributed by atoms with Crippen LogP contribution in [0.3, 0.4) is 0 Å². The number of aliphatic hydroxyl groups is 2. The molecule has 0 heterocycles. The lowest BCUT2D eigenvalue weighted by atomic mass is 9.66. The zero-order valence-corrected chi connectivity index (χ0v) is 43.5. The van der Waals surface area contributed by atoms with Crippen LogP contribution in [0.15, 0.2) is 0 Å². The molecule has 6 atom stereocenters. The van der Waals surface area contributed by atoms with E-state index in [0.29, 0.717) is 0 Å². The zero-order chi connectivity index (χ0) is 60.7. The van der Waals surface area contributed by atoms with Crippen molar-refractivity contribution in [1.29, 1.82) is 0 Å². The molecule has 0 aromatic rings.